The van der Waals surface area contributed by atoms with Gasteiger partial charge in [-0.3, -0.25) is 0 Å². The van der Waals surface area contributed by atoms with Crippen molar-refractivity contribution in [2.45, 2.75) is 18.9 Å². The lowest BCUT2D eigenvalue weighted by atomic mass is 10.1. The summed E-state index contributed by atoms with van der Waals surface area (Å²) in [6, 6.07) is 1.97. The van der Waals surface area contributed by atoms with E-state index in [0.29, 0.717) is 24.1 Å². The van der Waals surface area contributed by atoms with Crippen LogP contribution in [0.15, 0.2) is 11.4 Å². The van der Waals surface area contributed by atoms with E-state index in [1.807, 2.05) is 11.4 Å². The van der Waals surface area contributed by atoms with Gasteiger partial charge in [0.2, 0.25) is 0 Å². The average Bonchev–Trinajstić information content (AvgIpc) is 2.93. The molecule has 0 aromatic carbocycles. The minimum absolute atomic E-state index is 0.0561. The van der Waals surface area contributed by atoms with Crippen LogP contribution in [0.2, 0.25) is 5.15 Å². The number of rotatable bonds is 2. The highest BCUT2D eigenvalue weighted by molar-refractivity contribution is 7.17. The molecular weight excluding hydrogens is 300 g/mol. The van der Waals surface area contributed by atoms with Crippen LogP contribution >= 0.6 is 22.9 Å². The van der Waals surface area contributed by atoms with E-state index < -0.39 is 6.09 Å². The average molecular weight is 313 g/mol. The molecule has 8 heteroatoms. The zero-order chi connectivity index (χ0) is 14.1. The number of thiophene rings is 1. The normalized spacial score (nSPS) is 19.2. The van der Waals surface area contributed by atoms with Crippen LogP contribution in [-0.4, -0.2) is 45.4 Å². The number of piperidine rings is 1. The van der Waals surface area contributed by atoms with Gasteiger partial charge in [-0.25, -0.2) is 4.79 Å². The van der Waals surface area contributed by atoms with Crippen molar-refractivity contribution in [2.24, 2.45) is 0 Å². The quantitative estimate of drug-likeness (QED) is 0.891. The lowest BCUT2D eigenvalue weighted by Gasteiger charge is -2.31. The van der Waals surface area contributed by atoms with Gasteiger partial charge in [-0.2, -0.15) is 0 Å². The maximum atomic E-state index is 11.0. The van der Waals surface area contributed by atoms with Crippen molar-refractivity contribution in [3.8, 4) is 0 Å². The first-order valence-corrected chi connectivity index (χ1v) is 7.54. The Hall–Kier alpha value is -1.60. The Kier molecular flexibility index (Phi) is 3.62. The first-order chi connectivity index (χ1) is 9.65. The molecule has 1 amide bonds. The molecule has 2 aromatic rings. The van der Waals surface area contributed by atoms with Gasteiger partial charge >= 0.3 is 6.09 Å². The Morgan fingerprint density at radius 3 is 3.20 bits per heavy atom. The summed E-state index contributed by atoms with van der Waals surface area (Å²) in [5.74, 6) is 0.677. The Balaban J connectivity index is 1.81. The second-order valence-corrected chi connectivity index (χ2v) is 5.99. The number of anilines is 1. The third-order valence-corrected chi connectivity index (χ3v) is 4.57. The van der Waals surface area contributed by atoms with Crippen molar-refractivity contribution in [2.75, 3.05) is 18.4 Å². The molecule has 3 rings (SSSR count). The van der Waals surface area contributed by atoms with E-state index in [1.165, 1.54) is 4.90 Å². The molecule has 1 aliphatic rings. The van der Waals surface area contributed by atoms with E-state index in [-0.39, 0.29) is 6.04 Å². The SMILES string of the molecule is O=C(O)N1CCC[C@@H](Nc2nnc(Cl)c3ccsc23)C1. The van der Waals surface area contributed by atoms with Crippen LogP contribution in [0.4, 0.5) is 10.6 Å². The number of nitrogens with one attached hydrogen (secondary N) is 1. The number of fused-ring (bicyclic) bond motifs is 1. The third-order valence-electron chi connectivity index (χ3n) is 3.37. The second-order valence-electron chi connectivity index (χ2n) is 4.71. The molecule has 20 heavy (non-hydrogen) atoms. The van der Waals surface area contributed by atoms with Crippen molar-refractivity contribution in [3.05, 3.63) is 16.6 Å². The highest BCUT2D eigenvalue weighted by Crippen LogP contribution is 2.31. The summed E-state index contributed by atoms with van der Waals surface area (Å²) in [7, 11) is 0. The Bertz CT molecular complexity index is 647. The number of amides is 1. The summed E-state index contributed by atoms with van der Waals surface area (Å²) in [5, 5.41) is 23.6. The van der Waals surface area contributed by atoms with Gasteiger partial charge < -0.3 is 15.3 Å². The topological polar surface area (TPSA) is 78.4 Å². The number of likely N-dealkylation sites (tertiary alicyclic amines) is 1. The van der Waals surface area contributed by atoms with E-state index in [9.17, 15) is 4.79 Å². The van der Waals surface area contributed by atoms with E-state index in [1.54, 1.807) is 11.3 Å². The monoisotopic (exact) mass is 312 g/mol. The predicted molar refractivity (Wildman–Crippen MR) is 78.7 cm³/mol. The zero-order valence-electron chi connectivity index (χ0n) is 10.5. The number of halogens is 1. The minimum atomic E-state index is -0.875. The first kappa shape index (κ1) is 13.4. The van der Waals surface area contributed by atoms with E-state index >= 15 is 0 Å². The molecule has 0 aliphatic carbocycles. The summed E-state index contributed by atoms with van der Waals surface area (Å²) in [5.41, 5.74) is 0. The number of carboxylic acid groups (broad SMARTS) is 1. The molecule has 6 nitrogen and oxygen atoms in total. The standard InChI is InChI=1S/C12H13ClN4O2S/c13-10-8-3-5-20-9(8)11(16-15-10)14-7-2-1-4-17(6-7)12(18)19/h3,5,7H,1-2,4,6H2,(H,14,16)(H,18,19)/t7-/m1/s1. The Labute approximate surface area is 124 Å². The molecule has 1 aliphatic heterocycles. The van der Waals surface area contributed by atoms with Crippen molar-refractivity contribution >= 4 is 44.9 Å². The maximum Gasteiger partial charge on any atom is 0.407 e. The van der Waals surface area contributed by atoms with Gasteiger partial charge in [0, 0.05) is 24.5 Å². The molecule has 3 heterocycles. The highest BCUT2D eigenvalue weighted by atomic mass is 35.5. The molecular formula is C12H13ClN4O2S. The second kappa shape index (κ2) is 5.41. The molecule has 0 spiro atoms. The fraction of sp³-hybridized carbons (Fsp3) is 0.417. The fourth-order valence-electron chi connectivity index (χ4n) is 2.40. The highest BCUT2D eigenvalue weighted by Gasteiger charge is 2.24. The van der Waals surface area contributed by atoms with Crippen LogP contribution in [0.3, 0.4) is 0 Å². The molecule has 0 unspecified atom stereocenters. The Morgan fingerprint density at radius 1 is 1.55 bits per heavy atom. The van der Waals surface area contributed by atoms with Gasteiger partial charge in [-0.05, 0) is 24.3 Å². The summed E-state index contributed by atoms with van der Waals surface area (Å²) in [6.45, 7) is 1.06. The van der Waals surface area contributed by atoms with Gasteiger partial charge in [0.25, 0.3) is 0 Å². The summed E-state index contributed by atoms with van der Waals surface area (Å²) in [4.78, 5) is 12.4. The molecule has 1 saturated heterocycles. The number of aromatic nitrogens is 2. The van der Waals surface area contributed by atoms with E-state index in [4.69, 9.17) is 16.7 Å². The summed E-state index contributed by atoms with van der Waals surface area (Å²) >= 11 is 7.54. The number of nitrogens with zero attached hydrogens (tertiary/aromatic N) is 3. The van der Waals surface area contributed by atoms with Crippen LogP contribution in [0.25, 0.3) is 10.1 Å². The zero-order valence-corrected chi connectivity index (χ0v) is 12.1. The number of carbonyl (C=O) groups is 1. The van der Waals surface area contributed by atoms with Crippen LogP contribution in [0.1, 0.15) is 12.8 Å². The van der Waals surface area contributed by atoms with E-state index in [2.05, 4.69) is 15.5 Å². The van der Waals surface area contributed by atoms with Gasteiger partial charge in [0.05, 0.1) is 4.70 Å². The first-order valence-electron chi connectivity index (χ1n) is 6.29. The molecule has 106 valence electrons. The molecule has 1 atom stereocenters. The van der Waals surface area contributed by atoms with Gasteiger partial charge in [0.1, 0.15) is 0 Å². The largest absolute Gasteiger partial charge is 0.465 e. The molecule has 2 aromatic heterocycles. The number of hydrogen-bond donors (Lipinski definition) is 2. The maximum absolute atomic E-state index is 11.0. The van der Waals surface area contributed by atoms with Crippen molar-refractivity contribution < 1.29 is 9.90 Å². The molecule has 0 radical (unpaired) electrons. The summed E-state index contributed by atoms with van der Waals surface area (Å²) < 4.78 is 0.956. The van der Waals surface area contributed by atoms with Gasteiger partial charge in [-0.1, -0.05) is 11.6 Å². The van der Waals surface area contributed by atoms with Crippen LogP contribution in [0.5, 0.6) is 0 Å². The van der Waals surface area contributed by atoms with Crippen molar-refractivity contribution in [1.82, 2.24) is 15.1 Å². The lowest BCUT2D eigenvalue weighted by molar-refractivity contribution is 0.133. The molecule has 0 saturated carbocycles. The van der Waals surface area contributed by atoms with Gasteiger partial charge in [-0.15, -0.1) is 21.5 Å². The number of hydrogen-bond acceptors (Lipinski definition) is 5. The van der Waals surface area contributed by atoms with Gasteiger partial charge in [0.15, 0.2) is 11.0 Å². The molecule has 2 N–H and O–H groups in total. The Morgan fingerprint density at radius 2 is 2.40 bits per heavy atom. The fourth-order valence-corrected chi connectivity index (χ4v) is 3.50. The molecule has 1 fully saturated rings. The summed E-state index contributed by atoms with van der Waals surface area (Å²) in [6.07, 6.45) is 0.888. The van der Waals surface area contributed by atoms with E-state index in [0.717, 1.165) is 22.9 Å². The smallest absolute Gasteiger partial charge is 0.407 e. The predicted octanol–water partition coefficient (Wildman–Crippen LogP) is 2.90. The van der Waals surface area contributed by atoms with Crippen LogP contribution < -0.4 is 5.32 Å². The van der Waals surface area contributed by atoms with Crippen molar-refractivity contribution in [3.63, 3.8) is 0 Å². The minimum Gasteiger partial charge on any atom is -0.465 e. The van der Waals surface area contributed by atoms with Crippen molar-refractivity contribution in [1.29, 1.82) is 0 Å². The van der Waals surface area contributed by atoms with Crippen LogP contribution in [0, 0.1) is 0 Å². The molecule has 0 bridgehead atoms. The van der Waals surface area contributed by atoms with Crippen LogP contribution in [-0.2, 0) is 0 Å². The lowest BCUT2D eigenvalue weighted by Crippen LogP contribution is -2.44. The third kappa shape index (κ3) is 2.51.